The number of halogens is 1. The van der Waals surface area contributed by atoms with Crippen LogP contribution in [0.3, 0.4) is 0 Å². The van der Waals surface area contributed by atoms with E-state index < -0.39 is 0 Å². The summed E-state index contributed by atoms with van der Waals surface area (Å²) in [5.74, 6) is 0.592. The Morgan fingerprint density at radius 2 is 2.11 bits per heavy atom. The molecule has 0 spiro atoms. The van der Waals surface area contributed by atoms with E-state index in [4.69, 9.17) is 9.47 Å². The Labute approximate surface area is 124 Å². The van der Waals surface area contributed by atoms with Gasteiger partial charge < -0.3 is 9.47 Å². The number of benzene rings is 1. The lowest BCUT2D eigenvalue weighted by atomic mass is 9.91. The molecule has 0 aromatic heterocycles. The van der Waals surface area contributed by atoms with Gasteiger partial charge in [0.2, 0.25) is 0 Å². The van der Waals surface area contributed by atoms with Gasteiger partial charge in [0.15, 0.2) is 0 Å². The number of hydrogen-bond acceptors (Lipinski definition) is 2. The van der Waals surface area contributed by atoms with Crippen LogP contribution in [0.1, 0.15) is 35.7 Å². The molecule has 1 aliphatic heterocycles. The summed E-state index contributed by atoms with van der Waals surface area (Å²) in [6.07, 6.45) is 3.63. The maximum absolute atomic E-state index is 5.79. The standard InChI is InChI=1S/C16H23BrO2/c1-3-15-14(9-11-19-15)16(17)13-6-4-12(5-7-13)8-10-18-2/h4-7,14-16H,3,8-11H2,1-2H3. The van der Waals surface area contributed by atoms with Crippen molar-refractivity contribution in [3.05, 3.63) is 35.4 Å². The van der Waals surface area contributed by atoms with E-state index in [9.17, 15) is 0 Å². The van der Waals surface area contributed by atoms with Gasteiger partial charge in [0.1, 0.15) is 0 Å². The van der Waals surface area contributed by atoms with Crippen molar-refractivity contribution < 1.29 is 9.47 Å². The van der Waals surface area contributed by atoms with Crippen molar-refractivity contribution in [1.82, 2.24) is 0 Å². The van der Waals surface area contributed by atoms with Crippen molar-refractivity contribution in [2.24, 2.45) is 5.92 Å². The number of hydrogen-bond donors (Lipinski definition) is 0. The first-order chi connectivity index (χ1) is 9.26. The molecule has 1 aliphatic rings. The van der Waals surface area contributed by atoms with Crippen LogP contribution >= 0.6 is 15.9 Å². The topological polar surface area (TPSA) is 18.5 Å². The van der Waals surface area contributed by atoms with Crippen molar-refractivity contribution >= 4 is 15.9 Å². The summed E-state index contributed by atoms with van der Waals surface area (Å²) >= 11 is 3.87. The molecule has 0 saturated carbocycles. The molecule has 2 nitrogen and oxygen atoms in total. The van der Waals surface area contributed by atoms with Crippen LogP contribution in [-0.4, -0.2) is 26.4 Å². The van der Waals surface area contributed by atoms with Crippen molar-refractivity contribution in [3.63, 3.8) is 0 Å². The molecule has 0 aliphatic carbocycles. The second-order valence-electron chi connectivity index (χ2n) is 5.16. The predicted molar refractivity (Wildman–Crippen MR) is 81.8 cm³/mol. The molecule has 0 amide bonds. The molecular weight excluding hydrogens is 304 g/mol. The minimum Gasteiger partial charge on any atom is -0.384 e. The summed E-state index contributed by atoms with van der Waals surface area (Å²) in [5, 5.41) is 0. The van der Waals surface area contributed by atoms with Crippen LogP contribution in [0.4, 0.5) is 0 Å². The third kappa shape index (κ3) is 3.80. The maximum atomic E-state index is 5.79. The molecule has 19 heavy (non-hydrogen) atoms. The van der Waals surface area contributed by atoms with Gasteiger partial charge in [-0.1, -0.05) is 47.1 Å². The molecule has 1 saturated heterocycles. The van der Waals surface area contributed by atoms with E-state index in [1.165, 1.54) is 11.1 Å². The zero-order valence-electron chi connectivity index (χ0n) is 11.8. The molecule has 1 aromatic carbocycles. The van der Waals surface area contributed by atoms with E-state index >= 15 is 0 Å². The highest BCUT2D eigenvalue weighted by Crippen LogP contribution is 2.40. The SMILES string of the molecule is CCC1OCCC1C(Br)c1ccc(CCOC)cc1. The van der Waals surface area contributed by atoms with Gasteiger partial charge in [-0.2, -0.15) is 0 Å². The largest absolute Gasteiger partial charge is 0.384 e. The summed E-state index contributed by atoms with van der Waals surface area (Å²) in [7, 11) is 1.74. The quantitative estimate of drug-likeness (QED) is 0.732. The van der Waals surface area contributed by atoms with Gasteiger partial charge in [-0.3, -0.25) is 0 Å². The Balaban J connectivity index is 2.00. The average molecular weight is 327 g/mol. The van der Waals surface area contributed by atoms with E-state index in [2.05, 4.69) is 47.1 Å². The van der Waals surface area contributed by atoms with Crippen LogP contribution in [0.15, 0.2) is 24.3 Å². The molecule has 1 heterocycles. The van der Waals surface area contributed by atoms with Crippen LogP contribution in [0.5, 0.6) is 0 Å². The first-order valence-electron chi connectivity index (χ1n) is 7.09. The van der Waals surface area contributed by atoms with Gasteiger partial charge in [0.05, 0.1) is 12.7 Å². The fraction of sp³-hybridized carbons (Fsp3) is 0.625. The molecule has 1 fully saturated rings. The second kappa shape index (κ2) is 7.41. The summed E-state index contributed by atoms with van der Waals surface area (Å²) in [6, 6.07) is 8.88. The van der Waals surface area contributed by atoms with Gasteiger partial charge in [0, 0.05) is 24.5 Å². The molecule has 0 N–H and O–H groups in total. The van der Waals surface area contributed by atoms with E-state index in [-0.39, 0.29) is 0 Å². The highest BCUT2D eigenvalue weighted by Gasteiger charge is 2.32. The van der Waals surface area contributed by atoms with E-state index in [0.717, 1.165) is 32.5 Å². The Bertz CT molecular complexity index is 377. The Hall–Kier alpha value is -0.380. The second-order valence-corrected chi connectivity index (χ2v) is 6.14. The monoisotopic (exact) mass is 326 g/mol. The van der Waals surface area contributed by atoms with Crippen LogP contribution in [0.25, 0.3) is 0 Å². The normalized spacial score (nSPS) is 24.6. The fourth-order valence-electron chi connectivity index (χ4n) is 2.76. The highest BCUT2D eigenvalue weighted by atomic mass is 79.9. The van der Waals surface area contributed by atoms with Crippen LogP contribution in [0, 0.1) is 5.92 Å². The Morgan fingerprint density at radius 3 is 2.74 bits per heavy atom. The van der Waals surface area contributed by atoms with Crippen molar-refractivity contribution in [2.75, 3.05) is 20.3 Å². The first kappa shape index (κ1) is 15.0. The summed E-state index contributed by atoms with van der Waals surface area (Å²) < 4.78 is 10.9. The fourth-order valence-corrected chi connectivity index (χ4v) is 3.67. The maximum Gasteiger partial charge on any atom is 0.0615 e. The van der Waals surface area contributed by atoms with Crippen molar-refractivity contribution in [1.29, 1.82) is 0 Å². The third-order valence-electron chi connectivity index (χ3n) is 3.93. The Morgan fingerprint density at radius 1 is 1.37 bits per heavy atom. The van der Waals surface area contributed by atoms with Gasteiger partial charge in [0.25, 0.3) is 0 Å². The zero-order chi connectivity index (χ0) is 13.7. The minimum atomic E-state index is 0.399. The Kier molecular flexibility index (Phi) is 5.86. The summed E-state index contributed by atoms with van der Waals surface area (Å²) in [4.78, 5) is 0.399. The molecule has 0 bridgehead atoms. The minimum absolute atomic E-state index is 0.399. The lowest BCUT2D eigenvalue weighted by molar-refractivity contribution is 0.0873. The third-order valence-corrected chi connectivity index (χ3v) is 5.14. The molecule has 3 unspecified atom stereocenters. The van der Waals surface area contributed by atoms with Gasteiger partial charge in [-0.15, -0.1) is 0 Å². The zero-order valence-corrected chi connectivity index (χ0v) is 13.4. The lowest BCUT2D eigenvalue weighted by Gasteiger charge is -2.23. The van der Waals surface area contributed by atoms with Gasteiger partial charge in [-0.25, -0.2) is 0 Å². The first-order valence-corrected chi connectivity index (χ1v) is 8.01. The van der Waals surface area contributed by atoms with E-state index in [1.54, 1.807) is 7.11 Å². The molecule has 1 aromatic rings. The molecule has 106 valence electrons. The summed E-state index contributed by atoms with van der Waals surface area (Å²) in [5.41, 5.74) is 2.69. The number of methoxy groups -OCH3 is 1. The molecule has 3 heteroatoms. The van der Waals surface area contributed by atoms with Gasteiger partial charge in [-0.05, 0) is 30.4 Å². The van der Waals surface area contributed by atoms with E-state index in [1.807, 2.05) is 0 Å². The highest BCUT2D eigenvalue weighted by molar-refractivity contribution is 9.09. The number of rotatable bonds is 6. The molecule has 3 atom stereocenters. The number of ether oxygens (including phenoxy) is 2. The smallest absolute Gasteiger partial charge is 0.0615 e. The molecular formula is C16H23BrO2. The van der Waals surface area contributed by atoms with Crippen LogP contribution in [-0.2, 0) is 15.9 Å². The van der Waals surface area contributed by atoms with Crippen LogP contribution < -0.4 is 0 Å². The van der Waals surface area contributed by atoms with Gasteiger partial charge >= 0.3 is 0 Å². The molecule has 0 radical (unpaired) electrons. The average Bonchev–Trinajstić information content (AvgIpc) is 2.93. The van der Waals surface area contributed by atoms with Crippen LogP contribution in [0.2, 0.25) is 0 Å². The predicted octanol–water partition coefficient (Wildman–Crippen LogP) is 4.13. The van der Waals surface area contributed by atoms with Crippen molar-refractivity contribution in [3.8, 4) is 0 Å². The van der Waals surface area contributed by atoms with E-state index in [0.29, 0.717) is 16.8 Å². The number of alkyl halides is 1. The lowest BCUT2D eigenvalue weighted by Crippen LogP contribution is -2.18. The molecule has 2 rings (SSSR count). The summed E-state index contributed by atoms with van der Waals surface area (Å²) in [6.45, 7) is 3.89. The van der Waals surface area contributed by atoms with Crippen molar-refractivity contribution in [2.45, 2.75) is 37.1 Å².